The Morgan fingerprint density at radius 3 is 1.33 bits per heavy atom. The summed E-state index contributed by atoms with van der Waals surface area (Å²) in [6, 6.07) is 0. The highest BCUT2D eigenvalue weighted by Gasteiger charge is 2.11. The molecule has 0 aliphatic rings. The Hall–Kier alpha value is -1.52. The Balaban J connectivity index is 3.71. The van der Waals surface area contributed by atoms with Gasteiger partial charge in [0.05, 0.1) is 12.8 Å². The molecule has 84 valence electrons. The average molecular weight is 214 g/mol. The van der Waals surface area contributed by atoms with Gasteiger partial charge in [0, 0.05) is 12.8 Å². The van der Waals surface area contributed by atoms with Crippen LogP contribution in [0.1, 0.15) is 39.5 Å². The Morgan fingerprint density at radius 2 is 1.07 bits per heavy atom. The van der Waals surface area contributed by atoms with Crippen LogP contribution in [0.15, 0.2) is 0 Å². The van der Waals surface area contributed by atoms with Gasteiger partial charge in [-0.15, -0.1) is 0 Å². The summed E-state index contributed by atoms with van der Waals surface area (Å²) in [5.74, 6) is -1.72. The molecule has 0 radical (unpaired) electrons. The quantitative estimate of drug-likeness (QED) is 0.482. The summed E-state index contributed by atoms with van der Waals surface area (Å²) < 4.78 is 4.37. The normalized spacial score (nSPS) is 9.47. The molecule has 0 fully saturated rings. The number of hydrogen-bond acceptors (Lipinski definition) is 5. The lowest BCUT2D eigenvalue weighted by Gasteiger charge is -2.00. The molecule has 0 rings (SSSR count). The fraction of sp³-hybridized carbons (Fsp3) is 0.600. The van der Waals surface area contributed by atoms with Crippen LogP contribution in [-0.4, -0.2) is 23.5 Å². The van der Waals surface area contributed by atoms with E-state index in [4.69, 9.17) is 0 Å². The second kappa shape index (κ2) is 6.86. The fourth-order valence-corrected chi connectivity index (χ4v) is 0.785. The van der Waals surface area contributed by atoms with E-state index in [2.05, 4.69) is 4.74 Å². The molecule has 0 saturated heterocycles. The van der Waals surface area contributed by atoms with E-state index in [0.29, 0.717) is 0 Å². The lowest BCUT2D eigenvalue weighted by atomic mass is 10.2. The molecule has 0 amide bonds. The first-order valence-corrected chi connectivity index (χ1v) is 4.64. The Morgan fingerprint density at radius 1 is 0.733 bits per heavy atom. The van der Waals surface area contributed by atoms with Gasteiger partial charge in [0.15, 0.2) is 0 Å². The van der Waals surface area contributed by atoms with Crippen LogP contribution in [0.2, 0.25) is 0 Å². The smallest absolute Gasteiger partial charge is 0.313 e. The van der Waals surface area contributed by atoms with E-state index >= 15 is 0 Å². The minimum Gasteiger partial charge on any atom is -0.393 e. The van der Waals surface area contributed by atoms with Crippen LogP contribution >= 0.6 is 0 Å². The molecule has 0 aromatic rings. The van der Waals surface area contributed by atoms with Gasteiger partial charge in [-0.25, -0.2) is 0 Å². The topological polar surface area (TPSA) is 77.5 Å². The molecule has 0 aliphatic heterocycles. The number of ketones is 2. The fourth-order valence-electron chi connectivity index (χ4n) is 0.785. The zero-order chi connectivity index (χ0) is 11.8. The lowest BCUT2D eigenvalue weighted by molar-refractivity contribution is -0.160. The number of esters is 2. The highest BCUT2D eigenvalue weighted by Crippen LogP contribution is 1.98. The van der Waals surface area contributed by atoms with Crippen molar-refractivity contribution in [1.29, 1.82) is 0 Å². The van der Waals surface area contributed by atoms with Crippen LogP contribution in [0, 0.1) is 0 Å². The van der Waals surface area contributed by atoms with Gasteiger partial charge in [-0.1, -0.05) is 0 Å². The molecule has 0 heterocycles. The lowest BCUT2D eigenvalue weighted by Crippen LogP contribution is -2.13. The van der Waals surface area contributed by atoms with Gasteiger partial charge in [0.25, 0.3) is 0 Å². The second-order valence-electron chi connectivity index (χ2n) is 3.25. The highest BCUT2D eigenvalue weighted by atomic mass is 16.6. The van der Waals surface area contributed by atoms with Gasteiger partial charge in [0.1, 0.15) is 11.6 Å². The van der Waals surface area contributed by atoms with Crippen LogP contribution in [0.25, 0.3) is 0 Å². The molecule has 0 unspecified atom stereocenters. The van der Waals surface area contributed by atoms with Crippen molar-refractivity contribution in [3.63, 3.8) is 0 Å². The molecule has 0 spiro atoms. The third-order valence-electron chi connectivity index (χ3n) is 1.59. The van der Waals surface area contributed by atoms with Crippen molar-refractivity contribution in [2.75, 3.05) is 0 Å². The summed E-state index contributed by atoms with van der Waals surface area (Å²) in [5, 5.41) is 0. The van der Waals surface area contributed by atoms with E-state index in [-0.39, 0.29) is 37.2 Å². The largest absolute Gasteiger partial charge is 0.393 e. The molecular weight excluding hydrogens is 200 g/mol. The first-order chi connectivity index (χ1) is 6.91. The van der Waals surface area contributed by atoms with Crippen molar-refractivity contribution in [3.8, 4) is 0 Å². The summed E-state index contributed by atoms with van der Waals surface area (Å²) in [4.78, 5) is 42.9. The van der Waals surface area contributed by atoms with E-state index in [0.717, 1.165) is 0 Å². The molecule has 0 atom stereocenters. The molecule has 5 heteroatoms. The van der Waals surface area contributed by atoms with Crippen molar-refractivity contribution in [2.24, 2.45) is 0 Å². The first-order valence-electron chi connectivity index (χ1n) is 4.64. The van der Waals surface area contributed by atoms with E-state index in [1.807, 2.05) is 0 Å². The maximum atomic E-state index is 10.9. The maximum Gasteiger partial charge on any atom is 0.313 e. The van der Waals surface area contributed by atoms with Crippen molar-refractivity contribution >= 4 is 23.5 Å². The number of hydrogen-bond donors (Lipinski definition) is 0. The van der Waals surface area contributed by atoms with Gasteiger partial charge in [-0.2, -0.15) is 0 Å². The highest BCUT2D eigenvalue weighted by molar-refractivity contribution is 5.89. The second-order valence-corrected chi connectivity index (χ2v) is 3.25. The zero-order valence-electron chi connectivity index (χ0n) is 8.87. The molecule has 0 aromatic heterocycles. The first kappa shape index (κ1) is 13.5. The number of ether oxygens (including phenoxy) is 1. The van der Waals surface area contributed by atoms with Crippen LogP contribution in [0.4, 0.5) is 0 Å². The molecule has 0 bridgehead atoms. The monoisotopic (exact) mass is 214 g/mol. The number of rotatable bonds is 6. The van der Waals surface area contributed by atoms with Gasteiger partial charge in [-0.3, -0.25) is 9.59 Å². The van der Waals surface area contributed by atoms with Crippen molar-refractivity contribution in [3.05, 3.63) is 0 Å². The Kier molecular flexibility index (Phi) is 6.17. The molecule has 0 aromatic carbocycles. The molecule has 5 nitrogen and oxygen atoms in total. The summed E-state index contributed by atoms with van der Waals surface area (Å²) in [5.41, 5.74) is 0. The van der Waals surface area contributed by atoms with Gasteiger partial charge in [-0.05, 0) is 13.8 Å². The van der Waals surface area contributed by atoms with Crippen LogP contribution in [-0.2, 0) is 23.9 Å². The number of carbonyl (C=O) groups excluding carboxylic acids is 4. The Labute approximate surface area is 87.8 Å². The third kappa shape index (κ3) is 8.80. The van der Waals surface area contributed by atoms with Crippen molar-refractivity contribution in [1.82, 2.24) is 0 Å². The van der Waals surface area contributed by atoms with Gasteiger partial charge in [0.2, 0.25) is 0 Å². The van der Waals surface area contributed by atoms with Gasteiger partial charge >= 0.3 is 11.9 Å². The minimum atomic E-state index is -0.723. The minimum absolute atomic E-state index is 0.0683. The molecular formula is C10H14O5. The summed E-state index contributed by atoms with van der Waals surface area (Å²) in [6.07, 6.45) is -0.0556. The summed E-state index contributed by atoms with van der Waals surface area (Å²) >= 11 is 0. The van der Waals surface area contributed by atoms with E-state index in [1.54, 1.807) is 0 Å². The average Bonchev–Trinajstić information content (AvgIpc) is 2.11. The van der Waals surface area contributed by atoms with Crippen LogP contribution in [0.5, 0.6) is 0 Å². The van der Waals surface area contributed by atoms with Crippen LogP contribution < -0.4 is 0 Å². The SMILES string of the molecule is CC(=O)CCC(=O)OC(=O)CCC(C)=O. The van der Waals surface area contributed by atoms with Crippen molar-refractivity contribution < 1.29 is 23.9 Å². The summed E-state index contributed by atoms with van der Waals surface area (Å²) in [7, 11) is 0. The van der Waals surface area contributed by atoms with E-state index in [1.165, 1.54) is 13.8 Å². The standard InChI is InChI=1S/C10H14O5/c1-7(11)3-5-9(13)15-10(14)6-4-8(2)12/h3-6H2,1-2H3. The van der Waals surface area contributed by atoms with Gasteiger partial charge < -0.3 is 14.3 Å². The van der Waals surface area contributed by atoms with E-state index < -0.39 is 11.9 Å². The Bertz CT molecular complexity index is 252. The van der Waals surface area contributed by atoms with E-state index in [9.17, 15) is 19.2 Å². The molecule has 0 saturated carbocycles. The molecule has 15 heavy (non-hydrogen) atoms. The molecule has 0 N–H and O–H groups in total. The number of Topliss-reactive ketones (excluding diaryl/α,β-unsaturated/α-hetero) is 2. The number of carbonyl (C=O) groups is 4. The molecule has 0 aliphatic carbocycles. The maximum absolute atomic E-state index is 10.9. The summed E-state index contributed by atoms with van der Waals surface area (Å²) in [6.45, 7) is 2.70. The predicted molar refractivity (Wildman–Crippen MR) is 50.9 cm³/mol. The zero-order valence-corrected chi connectivity index (χ0v) is 8.87. The predicted octanol–water partition coefficient (Wildman–Crippen LogP) is 0.795. The van der Waals surface area contributed by atoms with Crippen molar-refractivity contribution in [2.45, 2.75) is 39.5 Å². The van der Waals surface area contributed by atoms with Crippen LogP contribution in [0.3, 0.4) is 0 Å². The third-order valence-corrected chi connectivity index (χ3v) is 1.59.